The van der Waals surface area contributed by atoms with Crippen molar-refractivity contribution in [2.75, 3.05) is 32.7 Å². The number of furan rings is 1. The van der Waals surface area contributed by atoms with E-state index in [1.54, 1.807) is 6.26 Å². The Morgan fingerprint density at radius 2 is 1.70 bits per heavy atom. The summed E-state index contributed by atoms with van der Waals surface area (Å²) in [7, 11) is 0. The molecule has 1 saturated heterocycles. The van der Waals surface area contributed by atoms with Crippen molar-refractivity contribution in [3.05, 3.63) is 59.5 Å². The highest BCUT2D eigenvalue weighted by atomic mass is 16.3. The van der Waals surface area contributed by atoms with E-state index in [0.29, 0.717) is 12.5 Å². The van der Waals surface area contributed by atoms with Crippen LogP contribution in [0.3, 0.4) is 0 Å². The highest BCUT2D eigenvalue weighted by molar-refractivity contribution is 5.78. The average molecular weight is 370 g/mol. The number of rotatable bonds is 7. The van der Waals surface area contributed by atoms with Gasteiger partial charge in [0.1, 0.15) is 5.76 Å². The Hall–Kier alpha value is -2.11. The maximum absolute atomic E-state index is 12.3. The van der Waals surface area contributed by atoms with Crippen LogP contribution in [0.2, 0.25) is 0 Å². The summed E-state index contributed by atoms with van der Waals surface area (Å²) in [5, 5.41) is 3.01. The van der Waals surface area contributed by atoms with E-state index in [1.165, 1.54) is 11.1 Å². The number of hydrogen-bond acceptors (Lipinski definition) is 4. The first-order valence-corrected chi connectivity index (χ1v) is 9.87. The van der Waals surface area contributed by atoms with E-state index in [1.807, 2.05) is 19.1 Å². The molecule has 1 N–H and O–H groups in total. The second kappa shape index (κ2) is 9.20. The normalized spacial score (nSPS) is 17.2. The summed E-state index contributed by atoms with van der Waals surface area (Å²) < 4.78 is 5.34. The van der Waals surface area contributed by atoms with Crippen LogP contribution in [-0.2, 0) is 11.3 Å². The molecule has 5 nitrogen and oxygen atoms in total. The highest BCUT2D eigenvalue weighted by Gasteiger charge is 2.20. The molecule has 0 bridgehead atoms. The summed E-state index contributed by atoms with van der Waals surface area (Å²) in [6.45, 7) is 11.6. The molecule has 5 heteroatoms. The van der Waals surface area contributed by atoms with Crippen molar-refractivity contribution < 1.29 is 9.21 Å². The van der Waals surface area contributed by atoms with Crippen molar-refractivity contribution >= 4 is 5.91 Å². The number of amides is 1. The number of carbonyl (C=O) groups excluding carboxylic acids is 1. The van der Waals surface area contributed by atoms with Crippen molar-refractivity contribution in [1.82, 2.24) is 15.1 Å². The minimum Gasteiger partial charge on any atom is -0.467 e. The topological polar surface area (TPSA) is 48.7 Å². The van der Waals surface area contributed by atoms with Gasteiger partial charge in [-0.15, -0.1) is 0 Å². The summed E-state index contributed by atoms with van der Waals surface area (Å²) in [5.74, 6) is 1.41. The van der Waals surface area contributed by atoms with Gasteiger partial charge < -0.3 is 9.73 Å². The van der Waals surface area contributed by atoms with E-state index in [2.05, 4.69) is 53.2 Å². The zero-order valence-electron chi connectivity index (χ0n) is 16.6. The largest absolute Gasteiger partial charge is 0.467 e. The Morgan fingerprint density at radius 3 is 2.30 bits per heavy atom. The monoisotopic (exact) mass is 369 g/mol. The lowest BCUT2D eigenvalue weighted by molar-refractivity contribution is -0.123. The molecule has 1 aliphatic heterocycles. The standard InChI is InChI=1S/C22H31N3O2/c1-17(2)20-8-6-19(7-9-20)15-24-10-12-25(13-11-24)16-22(26)23-18(3)21-5-4-14-27-21/h4-9,14,17-18H,10-13,15-16H2,1-3H3,(H,23,26). The predicted octanol–water partition coefficient (Wildman–Crippen LogP) is 3.40. The van der Waals surface area contributed by atoms with Gasteiger partial charge >= 0.3 is 0 Å². The second-order valence-electron chi connectivity index (χ2n) is 7.75. The van der Waals surface area contributed by atoms with Crippen LogP contribution in [0, 0.1) is 0 Å². The molecule has 1 atom stereocenters. The Morgan fingerprint density at radius 1 is 1.04 bits per heavy atom. The van der Waals surface area contributed by atoms with Gasteiger partial charge in [-0.2, -0.15) is 0 Å². The molecule has 1 fully saturated rings. The van der Waals surface area contributed by atoms with Crippen LogP contribution in [0.4, 0.5) is 0 Å². The van der Waals surface area contributed by atoms with E-state index in [4.69, 9.17) is 4.42 Å². The quantitative estimate of drug-likeness (QED) is 0.813. The molecule has 1 unspecified atom stereocenters. The smallest absolute Gasteiger partial charge is 0.234 e. The van der Waals surface area contributed by atoms with Gasteiger partial charge in [0.25, 0.3) is 0 Å². The molecule has 27 heavy (non-hydrogen) atoms. The second-order valence-corrected chi connectivity index (χ2v) is 7.75. The van der Waals surface area contributed by atoms with Crippen LogP contribution < -0.4 is 5.32 Å². The summed E-state index contributed by atoms with van der Waals surface area (Å²) >= 11 is 0. The van der Waals surface area contributed by atoms with Gasteiger partial charge in [0, 0.05) is 32.7 Å². The molecular formula is C22H31N3O2. The predicted molar refractivity (Wildman–Crippen MR) is 108 cm³/mol. The van der Waals surface area contributed by atoms with E-state index >= 15 is 0 Å². The number of benzene rings is 1. The fourth-order valence-electron chi connectivity index (χ4n) is 3.47. The molecule has 0 radical (unpaired) electrons. The molecule has 1 aromatic carbocycles. The zero-order valence-corrected chi connectivity index (χ0v) is 16.6. The van der Waals surface area contributed by atoms with Crippen LogP contribution >= 0.6 is 0 Å². The minimum absolute atomic E-state index is 0.0524. The van der Waals surface area contributed by atoms with Crippen molar-refractivity contribution in [2.24, 2.45) is 0 Å². The van der Waals surface area contributed by atoms with Crippen molar-refractivity contribution in [3.8, 4) is 0 Å². The third kappa shape index (κ3) is 5.68. The molecule has 2 heterocycles. The molecule has 0 aliphatic carbocycles. The van der Waals surface area contributed by atoms with Gasteiger partial charge in [-0.3, -0.25) is 14.6 Å². The SMILES string of the molecule is CC(C)c1ccc(CN2CCN(CC(=O)NC(C)c3ccco3)CC2)cc1. The van der Waals surface area contributed by atoms with Gasteiger partial charge in [-0.25, -0.2) is 0 Å². The molecular weight excluding hydrogens is 338 g/mol. The Bertz CT molecular complexity index is 702. The maximum atomic E-state index is 12.3. The number of hydrogen-bond donors (Lipinski definition) is 1. The van der Waals surface area contributed by atoms with Gasteiger partial charge in [0.05, 0.1) is 18.8 Å². The van der Waals surface area contributed by atoms with Crippen molar-refractivity contribution in [3.63, 3.8) is 0 Å². The van der Waals surface area contributed by atoms with Crippen LogP contribution in [0.15, 0.2) is 47.1 Å². The fraction of sp³-hybridized carbons (Fsp3) is 0.500. The molecule has 1 aliphatic rings. The summed E-state index contributed by atoms with van der Waals surface area (Å²) in [6.07, 6.45) is 1.63. The van der Waals surface area contributed by atoms with Gasteiger partial charge in [-0.1, -0.05) is 38.1 Å². The van der Waals surface area contributed by atoms with Crippen LogP contribution in [0.25, 0.3) is 0 Å². The number of carbonyl (C=O) groups is 1. The van der Waals surface area contributed by atoms with Gasteiger partial charge in [-0.05, 0) is 36.1 Å². The highest BCUT2D eigenvalue weighted by Crippen LogP contribution is 2.16. The number of piperazine rings is 1. The molecule has 0 saturated carbocycles. The summed E-state index contributed by atoms with van der Waals surface area (Å²) in [4.78, 5) is 17.0. The first-order valence-electron chi connectivity index (χ1n) is 9.87. The lowest BCUT2D eigenvalue weighted by Crippen LogP contribution is -2.49. The number of nitrogens with one attached hydrogen (secondary N) is 1. The van der Waals surface area contributed by atoms with Crippen molar-refractivity contribution in [2.45, 2.75) is 39.3 Å². The van der Waals surface area contributed by atoms with E-state index in [0.717, 1.165) is 38.5 Å². The average Bonchev–Trinajstić information content (AvgIpc) is 3.18. The molecule has 1 aromatic heterocycles. The van der Waals surface area contributed by atoms with Crippen molar-refractivity contribution in [1.29, 1.82) is 0 Å². The Balaban J connectivity index is 1.40. The first-order chi connectivity index (χ1) is 13.0. The van der Waals surface area contributed by atoms with E-state index in [-0.39, 0.29) is 11.9 Å². The lowest BCUT2D eigenvalue weighted by atomic mass is 10.0. The Labute approximate surface area is 162 Å². The van der Waals surface area contributed by atoms with Gasteiger partial charge in [0.15, 0.2) is 0 Å². The summed E-state index contributed by atoms with van der Waals surface area (Å²) in [6, 6.07) is 12.6. The summed E-state index contributed by atoms with van der Waals surface area (Å²) in [5.41, 5.74) is 2.75. The van der Waals surface area contributed by atoms with E-state index in [9.17, 15) is 4.79 Å². The third-order valence-electron chi connectivity index (χ3n) is 5.23. The molecule has 1 amide bonds. The van der Waals surface area contributed by atoms with Crippen LogP contribution in [0.5, 0.6) is 0 Å². The first kappa shape index (κ1) is 19.6. The maximum Gasteiger partial charge on any atom is 0.234 e. The fourth-order valence-corrected chi connectivity index (χ4v) is 3.47. The van der Waals surface area contributed by atoms with Crippen LogP contribution in [0.1, 0.15) is 49.6 Å². The van der Waals surface area contributed by atoms with Gasteiger partial charge in [0.2, 0.25) is 5.91 Å². The van der Waals surface area contributed by atoms with E-state index < -0.39 is 0 Å². The Kier molecular flexibility index (Phi) is 6.69. The lowest BCUT2D eigenvalue weighted by Gasteiger charge is -2.34. The minimum atomic E-state index is -0.0948. The molecule has 2 aromatic rings. The number of nitrogens with zero attached hydrogens (tertiary/aromatic N) is 2. The third-order valence-corrected chi connectivity index (χ3v) is 5.23. The molecule has 146 valence electrons. The molecule has 0 spiro atoms. The zero-order chi connectivity index (χ0) is 19.2. The van der Waals surface area contributed by atoms with Crippen LogP contribution in [-0.4, -0.2) is 48.4 Å². The molecule has 3 rings (SSSR count).